The summed E-state index contributed by atoms with van der Waals surface area (Å²) in [6.45, 7) is 8.72. The Morgan fingerprint density at radius 2 is 2.18 bits per heavy atom. The van der Waals surface area contributed by atoms with Gasteiger partial charge in [-0.3, -0.25) is 4.79 Å². The van der Waals surface area contributed by atoms with E-state index < -0.39 is 0 Å². The zero-order valence-electron chi connectivity index (χ0n) is 11.2. The lowest BCUT2D eigenvalue weighted by Crippen LogP contribution is -2.43. The van der Waals surface area contributed by atoms with Gasteiger partial charge in [-0.1, -0.05) is 5.16 Å². The standard InChI is InChI=1S/C12H21N3O2/c1-9-6-10(14-17-9)8-15(5)11(16)7-13-12(2,3)4/h6,13H,7-8H2,1-5H3. The van der Waals surface area contributed by atoms with E-state index in [1.807, 2.05) is 33.8 Å². The van der Waals surface area contributed by atoms with Gasteiger partial charge in [0.05, 0.1) is 13.1 Å². The smallest absolute Gasteiger partial charge is 0.236 e. The van der Waals surface area contributed by atoms with Crippen molar-refractivity contribution in [3.8, 4) is 0 Å². The molecular formula is C12H21N3O2. The zero-order chi connectivity index (χ0) is 13.1. The molecule has 1 heterocycles. The Labute approximate surface area is 102 Å². The summed E-state index contributed by atoms with van der Waals surface area (Å²) in [4.78, 5) is 13.4. The van der Waals surface area contributed by atoms with Crippen LogP contribution in [0.15, 0.2) is 10.6 Å². The van der Waals surface area contributed by atoms with Crippen LogP contribution in [0.25, 0.3) is 0 Å². The zero-order valence-corrected chi connectivity index (χ0v) is 11.2. The minimum atomic E-state index is -0.0546. The maximum atomic E-state index is 11.8. The summed E-state index contributed by atoms with van der Waals surface area (Å²) in [5.41, 5.74) is 0.718. The van der Waals surface area contributed by atoms with Crippen molar-refractivity contribution in [2.45, 2.75) is 39.8 Å². The molecule has 0 saturated heterocycles. The fraction of sp³-hybridized carbons (Fsp3) is 0.667. The van der Waals surface area contributed by atoms with E-state index in [0.717, 1.165) is 11.5 Å². The van der Waals surface area contributed by atoms with Crippen molar-refractivity contribution in [3.63, 3.8) is 0 Å². The predicted molar refractivity (Wildman–Crippen MR) is 65.5 cm³/mol. The minimum absolute atomic E-state index is 0.0422. The second kappa shape index (κ2) is 5.31. The minimum Gasteiger partial charge on any atom is -0.361 e. The van der Waals surface area contributed by atoms with E-state index in [2.05, 4.69) is 10.5 Å². The number of hydrogen-bond acceptors (Lipinski definition) is 4. The third-order valence-electron chi connectivity index (χ3n) is 2.27. The van der Waals surface area contributed by atoms with E-state index in [0.29, 0.717) is 13.1 Å². The molecule has 0 fully saturated rings. The lowest BCUT2D eigenvalue weighted by Gasteiger charge is -2.22. The Morgan fingerprint density at radius 1 is 1.53 bits per heavy atom. The van der Waals surface area contributed by atoms with E-state index in [4.69, 9.17) is 4.52 Å². The van der Waals surface area contributed by atoms with Gasteiger partial charge in [0.15, 0.2) is 0 Å². The Bertz CT molecular complexity index is 379. The molecule has 1 aromatic rings. The highest BCUT2D eigenvalue weighted by Gasteiger charge is 2.15. The van der Waals surface area contributed by atoms with Crippen LogP contribution < -0.4 is 5.32 Å². The molecule has 5 nitrogen and oxygen atoms in total. The van der Waals surface area contributed by atoms with Crippen molar-refractivity contribution >= 4 is 5.91 Å². The summed E-state index contributed by atoms with van der Waals surface area (Å²) >= 11 is 0. The Morgan fingerprint density at radius 3 is 2.65 bits per heavy atom. The van der Waals surface area contributed by atoms with E-state index in [1.54, 1.807) is 11.9 Å². The average molecular weight is 239 g/mol. The van der Waals surface area contributed by atoms with E-state index in [-0.39, 0.29) is 11.4 Å². The van der Waals surface area contributed by atoms with Crippen LogP contribution in [0.2, 0.25) is 0 Å². The summed E-state index contributed by atoms with van der Waals surface area (Å²) in [6, 6.07) is 1.83. The predicted octanol–water partition coefficient (Wildman–Crippen LogP) is 1.33. The number of likely N-dealkylation sites (N-methyl/N-ethyl adjacent to an activating group) is 1. The molecule has 1 amide bonds. The number of rotatable bonds is 4. The molecule has 0 aliphatic carbocycles. The van der Waals surface area contributed by atoms with Crippen LogP contribution in [-0.4, -0.2) is 35.1 Å². The lowest BCUT2D eigenvalue weighted by molar-refractivity contribution is -0.129. The quantitative estimate of drug-likeness (QED) is 0.861. The van der Waals surface area contributed by atoms with Crippen LogP contribution >= 0.6 is 0 Å². The summed E-state index contributed by atoms with van der Waals surface area (Å²) in [7, 11) is 1.76. The van der Waals surface area contributed by atoms with Crippen molar-refractivity contribution in [1.82, 2.24) is 15.4 Å². The van der Waals surface area contributed by atoms with Gasteiger partial charge in [-0.2, -0.15) is 0 Å². The summed E-state index contributed by atoms with van der Waals surface area (Å²) in [6.07, 6.45) is 0. The lowest BCUT2D eigenvalue weighted by atomic mass is 10.1. The van der Waals surface area contributed by atoms with Crippen LogP contribution in [-0.2, 0) is 11.3 Å². The fourth-order valence-corrected chi connectivity index (χ4v) is 1.30. The van der Waals surface area contributed by atoms with Crippen molar-refractivity contribution in [2.75, 3.05) is 13.6 Å². The SMILES string of the molecule is Cc1cc(CN(C)C(=O)CNC(C)(C)C)no1. The molecule has 0 radical (unpaired) electrons. The Balaban J connectivity index is 2.42. The molecule has 0 atom stereocenters. The molecular weight excluding hydrogens is 218 g/mol. The van der Waals surface area contributed by atoms with Gasteiger partial charge >= 0.3 is 0 Å². The molecule has 5 heteroatoms. The van der Waals surface area contributed by atoms with Crippen LogP contribution in [0.3, 0.4) is 0 Å². The van der Waals surface area contributed by atoms with Crippen LogP contribution in [0.5, 0.6) is 0 Å². The molecule has 0 saturated carbocycles. The molecule has 1 N–H and O–H groups in total. The molecule has 0 bridgehead atoms. The molecule has 1 aromatic heterocycles. The number of hydrogen-bond donors (Lipinski definition) is 1. The summed E-state index contributed by atoms with van der Waals surface area (Å²) in [5.74, 6) is 0.800. The number of carbonyl (C=O) groups excluding carboxylic acids is 1. The van der Waals surface area contributed by atoms with Crippen LogP contribution in [0, 0.1) is 6.92 Å². The Kier molecular flexibility index (Phi) is 4.28. The summed E-state index contributed by atoms with van der Waals surface area (Å²) < 4.78 is 4.96. The highest BCUT2D eigenvalue weighted by molar-refractivity contribution is 5.78. The number of nitrogens with zero attached hydrogens (tertiary/aromatic N) is 2. The second-order valence-electron chi connectivity index (χ2n) is 5.28. The van der Waals surface area contributed by atoms with Gasteiger partial charge < -0.3 is 14.7 Å². The maximum Gasteiger partial charge on any atom is 0.236 e. The average Bonchev–Trinajstić information content (AvgIpc) is 2.59. The second-order valence-corrected chi connectivity index (χ2v) is 5.28. The highest BCUT2D eigenvalue weighted by atomic mass is 16.5. The third kappa shape index (κ3) is 4.99. The molecule has 0 aromatic carbocycles. The largest absolute Gasteiger partial charge is 0.361 e. The monoisotopic (exact) mass is 239 g/mol. The number of aryl methyl sites for hydroxylation is 1. The van der Waals surface area contributed by atoms with Crippen molar-refractivity contribution < 1.29 is 9.32 Å². The first-order valence-electron chi connectivity index (χ1n) is 5.69. The molecule has 17 heavy (non-hydrogen) atoms. The van der Waals surface area contributed by atoms with E-state index >= 15 is 0 Å². The topological polar surface area (TPSA) is 58.4 Å². The van der Waals surface area contributed by atoms with Gasteiger partial charge in [-0.25, -0.2) is 0 Å². The van der Waals surface area contributed by atoms with Crippen molar-refractivity contribution in [1.29, 1.82) is 0 Å². The van der Waals surface area contributed by atoms with Gasteiger partial charge in [0.2, 0.25) is 5.91 Å². The van der Waals surface area contributed by atoms with Crippen molar-refractivity contribution in [3.05, 3.63) is 17.5 Å². The number of carbonyl (C=O) groups is 1. The highest BCUT2D eigenvalue weighted by Crippen LogP contribution is 2.05. The normalized spacial score (nSPS) is 11.6. The molecule has 96 valence electrons. The fourth-order valence-electron chi connectivity index (χ4n) is 1.30. The summed E-state index contributed by atoms with van der Waals surface area (Å²) in [5, 5.41) is 7.02. The molecule has 1 rings (SSSR count). The molecule has 0 aliphatic heterocycles. The van der Waals surface area contributed by atoms with Crippen molar-refractivity contribution in [2.24, 2.45) is 0 Å². The van der Waals surface area contributed by atoms with Crippen LogP contribution in [0.1, 0.15) is 32.2 Å². The maximum absolute atomic E-state index is 11.8. The number of nitrogens with one attached hydrogen (secondary N) is 1. The Hall–Kier alpha value is -1.36. The molecule has 0 unspecified atom stereocenters. The van der Waals surface area contributed by atoms with E-state index in [1.165, 1.54) is 0 Å². The first kappa shape index (κ1) is 13.7. The number of aromatic nitrogens is 1. The van der Waals surface area contributed by atoms with Crippen LogP contribution in [0.4, 0.5) is 0 Å². The van der Waals surface area contributed by atoms with Gasteiger partial charge in [0, 0.05) is 18.7 Å². The first-order chi connectivity index (χ1) is 7.78. The van der Waals surface area contributed by atoms with Gasteiger partial charge in [-0.15, -0.1) is 0 Å². The molecule has 0 spiro atoms. The third-order valence-corrected chi connectivity index (χ3v) is 2.27. The van der Waals surface area contributed by atoms with Gasteiger partial charge in [0.25, 0.3) is 0 Å². The first-order valence-corrected chi connectivity index (χ1v) is 5.69. The van der Waals surface area contributed by atoms with Gasteiger partial charge in [0.1, 0.15) is 11.5 Å². The number of amides is 1. The van der Waals surface area contributed by atoms with Gasteiger partial charge in [-0.05, 0) is 27.7 Å². The van der Waals surface area contributed by atoms with E-state index in [9.17, 15) is 4.79 Å². The molecule has 0 aliphatic rings.